The lowest BCUT2D eigenvalue weighted by molar-refractivity contribution is -0.321. The first-order valence-corrected chi connectivity index (χ1v) is 16.9. The van der Waals surface area contributed by atoms with Gasteiger partial charge in [-0.1, -0.05) is 60.1 Å². The molecule has 1 heterocycles. The second kappa shape index (κ2) is 10.2. The van der Waals surface area contributed by atoms with Crippen LogP contribution in [0.4, 0.5) is 0 Å². The summed E-state index contributed by atoms with van der Waals surface area (Å²) in [6.45, 7) is 15.8. The minimum absolute atomic E-state index is 0.0187. The average Bonchev–Trinajstić information content (AvgIpc) is 2.95. The first kappa shape index (κ1) is 32.4. The number of hydrogen-bond donors (Lipinski definition) is 6. The largest absolute Gasteiger partial charge is 0.396 e. The summed E-state index contributed by atoms with van der Waals surface area (Å²) in [7, 11) is 0. The number of allylic oxidation sites excluding steroid dienone is 2. The van der Waals surface area contributed by atoms with Crippen molar-refractivity contribution in [3.63, 3.8) is 0 Å². The molecule has 0 aromatic heterocycles. The van der Waals surface area contributed by atoms with E-state index in [4.69, 9.17) is 9.47 Å². The zero-order valence-corrected chi connectivity index (χ0v) is 27.4. The maximum absolute atomic E-state index is 11.8. The van der Waals surface area contributed by atoms with Crippen molar-refractivity contribution >= 4 is 0 Å². The monoisotopic (exact) mass is 606 g/mol. The van der Waals surface area contributed by atoms with Crippen LogP contribution in [0.3, 0.4) is 0 Å². The number of rotatable bonds is 3. The summed E-state index contributed by atoms with van der Waals surface area (Å²) in [5, 5.41) is 64.4. The van der Waals surface area contributed by atoms with E-state index in [9.17, 15) is 30.6 Å². The Bertz CT molecular complexity index is 1130. The zero-order chi connectivity index (χ0) is 31.5. The van der Waals surface area contributed by atoms with Gasteiger partial charge in [-0.15, -0.1) is 0 Å². The topological polar surface area (TPSA) is 140 Å². The van der Waals surface area contributed by atoms with Gasteiger partial charge < -0.3 is 40.1 Å². The van der Waals surface area contributed by atoms with Gasteiger partial charge in [0.2, 0.25) is 0 Å². The van der Waals surface area contributed by atoms with Crippen LogP contribution in [0.25, 0.3) is 0 Å². The van der Waals surface area contributed by atoms with Gasteiger partial charge in [0.1, 0.15) is 18.3 Å². The fraction of sp³-hybridized carbons (Fsp3) is 0.943. The number of ether oxygens (including phenoxy) is 2. The molecule has 1 aliphatic heterocycles. The van der Waals surface area contributed by atoms with Crippen LogP contribution < -0.4 is 0 Å². The van der Waals surface area contributed by atoms with Gasteiger partial charge in [-0.05, 0) is 90.8 Å². The molecule has 0 radical (unpaired) electrons. The third-order valence-electron chi connectivity index (χ3n) is 15.2. The molecule has 0 bridgehead atoms. The van der Waals surface area contributed by atoms with E-state index in [1.807, 2.05) is 0 Å². The minimum Gasteiger partial charge on any atom is -0.396 e. The quantitative estimate of drug-likeness (QED) is 0.268. The summed E-state index contributed by atoms with van der Waals surface area (Å²) in [5.41, 5.74) is 0.203. The Morgan fingerprint density at radius 1 is 0.837 bits per heavy atom. The van der Waals surface area contributed by atoms with Crippen molar-refractivity contribution in [1.29, 1.82) is 0 Å². The molecule has 0 aromatic rings. The zero-order valence-electron chi connectivity index (χ0n) is 27.4. The summed E-state index contributed by atoms with van der Waals surface area (Å²) in [4.78, 5) is 0. The summed E-state index contributed by atoms with van der Waals surface area (Å²) in [6.07, 6.45) is 2.98. The van der Waals surface area contributed by atoms with Crippen molar-refractivity contribution in [2.24, 2.45) is 50.2 Å². The van der Waals surface area contributed by atoms with Crippen LogP contribution in [0.1, 0.15) is 99.8 Å². The van der Waals surface area contributed by atoms with E-state index in [2.05, 4.69) is 54.5 Å². The molecule has 15 atom stereocenters. The van der Waals surface area contributed by atoms with Gasteiger partial charge in [0.15, 0.2) is 6.29 Å². The highest BCUT2D eigenvalue weighted by molar-refractivity contribution is 5.34. The molecule has 8 nitrogen and oxygen atoms in total. The van der Waals surface area contributed by atoms with Crippen molar-refractivity contribution in [1.82, 2.24) is 0 Å². The molecule has 0 aromatic carbocycles. The van der Waals surface area contributed by atoms with E-state index >= 15 is 0 Å². The third kappa shape index (κ3) is 4.23. The van der Waals surface area contributed by atoms with E-state index in [-0.39, 0.29) is 41.3 Å². The van der Waals surface area contributed by atoms with Crippen LogP contribution in [-0.4, -0.2) is 86.8 Å². The minimum atomic E-state index is -1.40. The number of aliphatic hydroxyl groups is 6. The summed E-state index contributed by atoms with van der Waals surface area (Å²) >= 11 is 0. The van der Waals surface area contributed by atoms with E-state index in [1.165, 1.54) is 5.57 Å². The smallest absolute Gasteiger partial charge is 0.186 e. The first-order chi connectivity index (χ1) is 19.9. The van der Waals surface area contributed by atoms with Gasteiger partial charge in [0.05, 0.1) is 31.5 Å². The maximum Gasteiger partial charge on any atom is 0.186 e. The molecule has 5 fully saturated rings. The summed E-state index contributed by atoms with van der Waals surface area (Å²) in [6, 6.07) is 0. The molecule has 246 valence electrons. The fourth-order valence-corrected chi connectivity index (χ4v) is 11.9. The number of fused-ring (bicyclic) bond motifs is 7. The van der Waals surface area contributed by atoms with E-state index in [0.29, 0.717) is 5.92 Å². The van der Waals surface area contributed by atoms with Gasteiger partial charge in [-0.25, -0.2) is 0 Å². The molecule has 0 amide bonds. The Labute approximate surface area is 257 Å². The maximum atomic E-state index is 11.8. The number of hydrogen-bond acceptors (Lipinski definition) is 8. The van der Waals surface area contributed by atoms with Crippen LogP contribution in [0.15, 0.2) is 11.6 Å². The SMILES string of the molecule is CC1(C)CC2C3=CCC4C5(C)CCC(O)C(C)(CO)C5CCC4(C)C3(C)CCC2(C)C(OC2OCC(O)C(O)C2O)C1O. The van der Waals surface area contributed by atoms with Crippen LogP contribution in [-0.2, 0) is 9.47 Å². The van der Waals surface area contributed by atoms with Crippen LogP contribution in [0.5, 0.6) is 0 Å². The summed E-state index contributed by atoms with van der Waals surface area (Å²) in [5.74, 6) is 0.893. The third-order valence-corrected chi connectivity index (χ3v) is 15.2. The second-order valence-electron chi connectivity index (χ2n) is 17.5. The van der Waals surface area contributed by atoms with Gasteiger partial charge >= 0.3 is 0 Å². The van der Waals surface area contributed by atoms with Crippen LogP contribution in [0.2, 0.25) is 0 Å². The van der Waals surface area contributed by atoms with Gasteiger partial charge in [-0.2, -0.15) is 0 Å². The Kier molecular flexibility index (Phi) is 7.68. The van der Waals surface area contributed by atoms with Gasteiger partial charge in [0.25, 0.3) is 0 Å². The van der Waals surface area contributed by atoms with Crippen LogP contribution in [0, 0.1) is 50.2 Å². The Morgan fingerprint density at radius 2 is 1.53 bits per heavy atom. The Morgan fingerprint density at radius 3 is 2.21 bits per heavy atom. The van der Waals surface area contributed by atoms with Crippen LogP contribution >= 0.6 is 0 Å². The standard InChI is InChI=1S/C35H58O8/c1-30(2)16-20-19-8-9-23-32(4)12-11-24(38)33(5,18-36)22(32)10-13-35(23,7)34(19,6)15-14-31(20,3)28(27(30)41)43-29-26(40)25(39)21(37)17-42-29/h8,20-29,36-41H,9-18H2,1-7H3. The average molecular weight is 607 g/mol. The Hall–Kier alpha value is -0.580. The fourth-order valence-electron chi connectivity index (χ4n) is 11.9. The molecule has 4 saturated carbocycles. The van der Waals surface area contributed by atoms with Crippen molar-refractivity contribution in [3.05, 3.63) is 11.6 Å². The molecular formula is C35H58O8. The second-order valence-corrected chi connectivity index (χ2v) is 17.5. The molecular weight excluding hydrogens is 548 g/mol. The molecule has 5 aliphatic carbocycles. The molecule has 6 N–H and O–H groups in total. The van der Waals surface area contributed by atoms with Crippen molar-refractivity contribution in [3.8, 4) is 0 Å². The van der Waals surface area contributed by atoms with Gasteiger partial charge in [0, 0.05) is 10.8 Å². The van der Waals surface area contributed by atoms with Crippen molar-refractivity contribution in [2.45, 2.75) is 143 Å². The normalized spacial score (nSPS) is 57.9. The molecule has 8 heteroatoms. The molecule has 1 saturated heterocycles. The van der Waals surface area contributed by atoms with E-state index in [1.54, 1.807) is 0 Å². The Balaban J connectivity index is 1.36. The van der Waals surface area contributed by atoms with Crippen molar-refractivity contribution in [2.75, 3.05) is 13.2 Å². The summed E-state index contributed by atoms with van der Waals surface area (Å²) < 4.78 is 12.2. The molecule has 15 unspecified atom stereocenters. The molecule has 6 rings (SSSR count). The van der Waals surface area contributed by atoms with Gasteiger partial charge in [-0.3, -0.25) is 0 Å². The molecule has 6 aliphatic rings. The lowest BCUT2D eigenvalue weighted by atomic mass is 9.33. The van der Waals surface area contributed by atoms with Crippen molar-refractivity contribution < 1.29 is 40.1 Å². The lowest BCUT2D eigenvalue weighted by Crippen LogP contribution is -2.68. The highest BCUT2D eigenvalue weighted by atomic mass is 16.7. The van der Waals surface area contributed by atoms with E-state index in [0.717, 1.165) is 51.4 Å². The first-order valence-electron chi connectivity index (χ1n) is 16.9. The predicted octanol–water partition coefficient (Wildman–Crippen LogP) is 3.55. The predicted molar refractivity (Wildman–Crippen MR) is 162 cm³/mol. The highest BCUT2D eigenvalue weighted by Crippen LogP contribution is 2.75. The van der Waals surface area contributed by atoms with E-state index < -0.39 is 59.2 Å². The molecule has 43 heavy (non-hydrogen) atoms. The number of aliphatic hydroxyl groups excluding tert-OH is 6. The highest BCUT2D eigenvalue weighted by Gasteiger charge is 2.70. The molecule has 0 spiro atoms. The lowest BCUT2D eigenvalue weighted by Gasteiger charge is -2.72.